The average Bonchev–Trinajstić information content (AvgIpc) is 3.73. The Morgan fingerprint density at radius 2 is 1.78 bits per heavy atom. The third kappa shape index (κ3) is 4.02. The highest BCUT2D eigenvalue weighted by Gasteiger charge is 2.32. The summed E-state index contributed by atoms with van der Waals surface area (Å²) in [6.07, 6.45) is 6.16. The number of hydrogen-bond acceptors (Lipinski definition) is 5. The van der Waals surface area contributed by atoms with Gasteiger partial charge in [-0.05, 0) is 66.9 Å². The molecule has 1 atom stereocenters. The van der Waals surface area contributed by atoms with Crippen molar-refractivity contribution in [1.82, 2.24) is 9.55 Å². The molecular formula is C35H28N4OS. The monoisotopic (exact) mass is 552 g/mol. The van der Waals surface area contributed by atoms with Crippen LogP contribution in [-0.4, -0.2) is 15.9 Å². The molecule has 4 heterocycles. The highest BCUT2D eigenvalue weighted by Crippen LogP contribution is 2.44. The number of anilines is 3. The summed E-state index contributed by atoms with van der Waals surface area (Å²) >= 11 is 1.80. The van der Waals surface area contributed by atoms with Crippen LogP contribution in [0.1, 0.15) is 16.9 Å². The van der Waals surface area contributed by atoms with Gasteiger partial charge in [0.05, 0.1) is 17.1 Å². The number of nitrogens with one attached hydrogen (secondary N) is 1. The zero-order chi connectivity index (χ0) is 27.3. The second-order valence-electron chi connectivity index (χ2n) is 10.5. The molecule has 41 heavy (non-hydrogen) atoms. The third-order valence-corrected chi connectivity index (χ3v) is 9.03. The van der Waals surface area contributed by atoms with E-state index in [0.717, 1.165) is 52.7 Å². The van der Waals surface area contributed by atoms with Crippen molar-refractivity contribution in [3.8, 4) is 28.3 Å². The predicted molar refractivity (Wildman–Crippen MR) is 170 cm³/mol. The van der Waals surface area contributed by atoms with Gasteiger partial charge in [0.1, 0.15) is 11.6 Å². The largest absolute Gasteiger partial charge is 0.450 e. The van der Waals surface area contributed by atoms with E-state index in [4.69, 9.17) is 9.72 Å². The molecule has 1 aliphatic heterocycles. The van der Waals surface area contributed by atoms with Crippen molar-refractivity contribution in [2.75, 3.05) is 10.2 Å². The van der Waals surface area contributed by atoms with Crippen LogP contribution >= 0.6 is 11.3 Å². The van der Waals surface area contributed by atoms with Crippen LogP contribution in [0.2, 0.25) is 0 Å². The van der Waals surface area contributed by atoms with E-state index < -0.39 is 6.35 Å². The lowest BCUT2D eigenvalue weighted by atomic mass is 9.99. The van der Waals surface area contributed by atoms with Crippen molar-refractivity contribution in [2.24, 2.45) is 7.05 Å². The highest BCUT2D eigenvalue weighted by molar-refractivity contribution is 7.11. The number of ether oxygens (including phenoxy) is 1. The van der Waals surface area contributed by atoms with Crippen molar-refractivity contribution in [1.29, 1.82) is 0 Å². The van der Waals surface area contributed by atoms with E-state index in [2.05, 4.69) is 124 Å². The Balaban J connectivity index is 1.20. The van der Waals surface area contributed by atoms with Crippen LogP contribution in [-0.2, 0) is 13.5 Å². The maximum absolute atomic E-state index is 6.63. The summed E-state index contributed by atoms with van der Waals surface area (Å²) in [5, 5.41) is 7.18. The summed E-state index contributed by atoms with van der Waals surface area (Å²) in [6.45, 7) is 0. The molecule has 8 rings (SSSR count). The Morgan fingerprint density at radius 1 is 0.927 bits per heavy atom. The Kier molecular flexibility index (Phi) is 5.67. The van der Waals surface area contributed by atoms with E-state index in [1.54, 1.807) is 11.3 Å². The van der Waals surface area contributed by atoms with Gasteiger partial charge >= 0.3 is 0 Å². The Bertz CT molecular complexity index is 1940. The van der Waals surface area contributed by atoms with Crippen LogP contribution in [0.4, 0.5) is 17.2 Å². The molecule has 0 radical (unpaired) electrons. The molecule has 2 aliphatic rings. The SMILES string of the molecule is Cn1c(-c2cccc3c2NC(N(c2ccccc2)c2cccc(-c4csc5c4CCC=C5)n2)O3)cc2ccccc21. The van der Waals surface area contributed by atoms with Gasteiger partial charge in [-0.1, -0.05) is 60.7 Å². The fraction of sp³-hybridized carbons (Fsp3) is 0.114. The van der Waals surface area contributed by atoms with Crippen LogP contribution in [0, 0.1) is 0 Å². The number of hydrogen-bond donors (Lipinski definition) is 1. The van der Waals surface area contributed by atoms with Gasteiger partial charge in [0.2, 0.25) is 0 Å². The minimum atomic E-state index is -0.467. The van der Waals surface area contributed by atoms with Crippen molar-refractivity contribution < 1.29 is 4.74 Å². The van der Waals surface area contributed by atoms with Crippen LogP contribution in [0.15, 0.2) is 109 Å². The van der Waals surface area contributed by atoms with E-state index >= 15 is 0 Å². The fourth-order valence-electron chi connectivity index (χ4n) is 6.04. The van der Waals surface area contributed by atoms with Gasteiger partial charge in [0, 0.05) is 45.0 Å². The standard InChI is InChI=1S/C35H28N4OS/c1-38-29-17-7-5-11-23(29)21-30(38)26-15-9-18-31-34(26)37-35(40-31)39(24-12-3-2-4-13-24)33-20-10-16-28(36-33)27-22-41-32-19-8-6-14-25(27)32/h2-5,7-13,15-22,35,37H,6,14H2,1H3. The number of benzene rings is 3. The third-order valence-electron chi connectivity index (χ3n) is 8.04. The molecule has 0 amide bonds. The topological polar surface area (TPSA) is 42.3 Å². The first-order valence-corrected chi connectivity index (χ1v) is 14.8. The lowest BCUT2D eigenvalue weighted by molar-refractivity contribution is 0.259. The number of para-hydroxylation sites is 3. The first-order chi connectivity index (χ1) is 20.2. The van der Waals surface area contributed by atoms with Gasteiger partial charge in [-0.3, -0.25) is 4.90 Å². The number of nitrogens with zero attached hydrogens (tertiary/aromatic N) is 3. The lowest BCUT2D eigenvalue weighted by Gasteiger charge is -2.29. The fourth-order valence-corrected chi connectivity index (χ4v) is 7.08. The number of thiophene rings is 1. The van der Waals surface area contributed by atoms with Crippen molar-refractivity contribution in [3.63, 3.8) is 0 Å². The molecular weight excluding hydrogens is 524 g/mol. The summed E-state index contributed by atoms with van der Waals surface area (Å²) in [5.74, 6) is 1.66. The van der Waals surface area contributed by atoms with E-state index in [1.165, 1.54) is 26.9 Å². The first kappa shape index (κ1) is 24.0. The molecule has 0 spiro atoms. The van der Waals surface area contributed by atoms with E-state index in [9.17, 15) is 0 Å². The zero-order valence-corrected chi connectivity index (χ0v) is 23.4. The molecule has 1 N–H and O–H groups in total. The summed E-state index contributed by atoms with van der Waals surface area (Å²) in [6, 6.07) is 33.6. The van der Waals surface area contributed by atoms with Crippen LogP contribution < -0.4 is 15.0 Å². The smallest absolute Gasteiger partial charge is 0.256 e. The number of aryl methyl sites for hydroxylation is 1. The maximum Gasteiger partial charge on any atom is 0.256 e. The quantitative estimate of drug-likeness (QED) is 0.232. The number of pyridine rings is 1. The molecule has 1 unspecified atom stereocenters. The minimum Gasteiger partial charge on any atom is -0.450 e. The molecule has 0 saturated heterocycles. The lowest BCUT2D eigenvalue weighted by Crippen LogP contribution is -2.39. The predicted octanol–water partition coefficient (Wildman–Crippen LogP) is 8.85. The molecule has 200 valence electrons. The van der Waals surface area contributed by atoms with Gasteiger partial charge in [-0.2, -0.15) is 0 Å². The Morgan fingerprint density at radius 3 is 2.68 bits per heavy atom. The van der Waals surface area contributed by atoms with E-state index in [1.807, 2.05) is 12.1 Å². The second-order valence-corrected chi connectivity index (χ2v) is 11.4. The highest BCUT2D eigenvalue weighted by atomic mass is 32.1. The van der Waals surface area contributed by atoms with Gasteiger partial charge < -0.3 is 14.6 Å². The minimum absolute atomic E-state index is 0.467. The van der Waals surface area contributed by atoms with Gasteiger partial charge in [0.25, 0.3) is 6.35 Å². The number of allylic oxidation sites excluding steroid dienone is 1. The van der Waals surface area contributed by atoms with Crippen LogP contribution in [0.3, 0.4) is 0 Å². The summed E-state index contributed by atoms with van der Waals surface area (Å²) in [5.41, 5.74) is 9.06. The van der Waals surface area contributed by atoms with E-state index in [0.29, 0.717) is 0 Å². The van der Waals surface area contributed by atoms with Gasteiger partial charge in [-0.25, -0.2) is 4.98 Å². The molecule has 6 aromatic rings. The summed E-state index contributed by atoms with van der Waals surface area (Å²) in [7, 11) is 2.12. The molecule has 6 heteroatoms. The van der Waals surface area contributed by atoms with Crippen molar-refractivity contribution >= 4 is 45.5 Å². The number of fused-ring (bicyclic) bond motifs is 3. The maximum atomic E-state index is 6.63. The van der Waals surface area contributed by atoms with Crippen molar-refractivity contribution in [2.45, 2.75) is 19.2 Å². The normalized spacial score (nSPS) is 15.3. The summed E-state index contributed by atoms with van der Waals surface area (Å²) < 4.78 is 8.88. The Hall–Kier alpha value is -4.81. The number of rotatable bonds is 5. The molecule has 3 aromatic carbocycles. The average molecular weight is 553 g/mol. The zero-order valence-electron chi connectivity index (χ0n) is 22.6. The van der Waals surface area contributed by atoms with Gasteiger partial charge in [-0.15, -0.1) is 11.3 Å². The Labute approximate surface area is 243 Å². The molecule has 0 saturated carbocycles. The summed E-state index contributed by atoms with van der Waals surface area (Å²) in [4.78, 5) is 8.70. The van der Waals surface area contributed by atoms with Crippen LogP contribution in [0.25, 0.3) is 39.5 Å². The number of aromatic nitrogens is 2. The molecule has 5 nitrogen and oxygen atoms in total. The molecule has 3 aromatic heterocycles. The van der Waals surface area contributed by atoms with Crippen molar-refractivity contribution in [3.05, 3.63) is 119 Å². The molecule has 0 bridgehead atoms. The molecule has 1 aliphatic carbocycles. The van der Waals surface area contributed by atoms with Gasteiger partial charge in [0.15, 0.2) is 0 Å². The molecule has 0 fully saturated rings. The van der Waals surface area contributed by atoms with Crippen LogP contribution in [0.5, 0.6) is 5.75 Å². The van der Waals surface area contributed by atoms with E-state index in [-0.39, 0.29) is 0 Å². The second kappa shape index (κ2) is 9.68. The first-order valence-electron chi connectivity index (χ1n) is 13.9.